The van der Waals surface area contributed by atoms with Gasteiger partial charge in [0.25, 0.3) is 5.91 Å². The van der Waals surface area contributed by atoms with E-state index >= 15 is 0 Å². The minimum Gasteiger partial charge on any atom is -0.493 e. The molecular formula is C25H31N3O3. The number of benzene rings is 2. The number of carbonyl (C=O) groups excluding carboxylic acids is 1. The number of rotatable bonds is 9. The maximum absolute atomic E-state index is 12.7. The third-order valence-corrected chi connectivity index (χ3v) is 5.56. The molecule has 0 aliphatic heterocycles. The maximum Gasteiger partial charge on any atom is 0.255 e. The number of fused-ring (bicyclic) bond motifs is 1. The van der Waals surface area contributed by atoms with Crippen molar-refractivity contribution in [2.24, 2.45) is 13.0 Å². The van der Waals surface area contributed by atoms with Crippen LogP contribution in [0.5, 0.6) is 5.75 Å². The SMILES string of the molecule is Cn1c(CNCC(C)(C)O)cc2cc(NC(=O)c3ccc(OCC4CC4)cc3)ccc21. The van der Waals surface area contributed by atoms with Gasteiger partial charge in [0, 0.05) is 48.0 Å². The monoisotopic (exact) mass is 421 g/mol. The van der Waals surface area contributed by atoms with Crippen molar-refractivity contribution < 1.29 is 14.6 Å². The van der Waals surface area contributed by atoms with Crippen LogP contribution in [0.1, 0.15) is 42.7 Å². The molecule has 0 unspecified atom stereocenters. The zero-order valence-corrected chi connectivity index (χ0v) is 18.4. The molecule has 1 fully saturated rings. The van der Waals surface area contributed by atoms with Gasteiger partial charge in [0.15, 0.2) is 0 Å². The molecule has 3 N–H and O–H groups in total. The summed E-state index contributed by atoms with van der Waals surface area (Å²) in [5.41, 5.74) is 2.82. The number of nitrogens with one attached hydrogen (secondary N) is 2. The van der Waals surface area contributed by atoms with Gasteiger partial charge in [-0.3, -0.25) is 4.79 Å². The summed E-state index contributed by atoms with van der Waals surface area (Å²) in [6.45, 7) is 5.50. The van der Waals surface area contributed by atoms with E-state index in [4.69, 9.17) is 4.74 Å². The average molecular weight is 422 g/mol. The Hall–Kier alpha value is -2.83. The molecule has 1 amide bonds. The van der Waals surface area contributed by atoms with Gasteiger partial charge < -0.3 is 25.0 Å². The molecule has 1 saturated carbocycles. The van der Waals surface area contributed by atoms with E-state index in [1.807, 2.05) is 37.4 Å². The van der Waals surface area contributed by atoms with Gasteiger partial charge >= 0.3 is 0 Å². The van der Waals surface area contributed by atoms with Crippen LogP contribution in [0.15, 0.2) is 48.5 Å². The van der Waals surface area contributed by atoms with Crippen LogP contribution >= 0.6 is 0 Å². The first-order chi connectivity index (χ1) is 14.8. The molecule has 3 aromatic rings. The highest BCUT2D eigenvalue weighted by atomic mass is 16.5. The number of hydrogen-bond acceptors (Lipinski definition) is 4. The first-order valence-electron chi connectivity index (χ1n) is 10.8. The first-order valence-corrected chi connectivity index (χ1v) is 10.8. The van der Waals surface area contributed by atoms with E-state index in [1.54, 1.807) is 26.0 Å². The number of amides is 1. The van der Waals surface area contributed by atoms with E-state index in [-0.39, 0.29) is 5.91 Å². The minimum atomic E-state index is -0.746. The molecule has 6 nitrogen and oxygen atoms in total. The summed E-state index contributed by atoms with van der Waals surface area (Å²) >= 11 is 0. The van der Waals surface area contributed by atoms with E-state index in [9.17, 15) is 9.90 Å². The summed E-state index contributed by atoms with van der Waals surface area (Å²) in [4.78, 5) is 12.7. The fraction of sp³-hybridized carbons (Fsp3) is 0.400. The van der Waals surface area contributed by atoms with Gasteiger partial charge in [0.1, 0.15) is 5.75 Å². The van der Waals surface area contributed by atoms with Crippen LogP contribution in [-0.2, 0) is 13.6 Å². The lowest BCUT2D eigenvalue weighted by molar-refractivity contribution is 0.0793. The van der Waals surface area contributed by atoms with Crippen molar-refractivity contribution in [1.82, 2.24) is 9.88 Å². The van der Waals surface area contributed by atoms with Crippen LogP contribution in [-0.4, -0.2) is 34.3 Å². The highest BCUT2D eigenvalue weighted by molar-refractivity contribution is 6.05. The maximum atomic E-state index is 12.7. The Bertz CT molecular complexity index is 1060. The Morgan fingerprint density at radius 3 is 2.58 bits per heavy atom. The van der Waals surface area contributed by atoms with E-state index in [2.05, 4.69) is 21.3 Å². The first kappa shape index (κ1) is 21.4. The number of carbonyl (C=O) groups is 1. The normalized spacial score (nSPS) is 14.1. The van der Waals surface area contributed by atoms with Crippen molar-refractivity contribution in [2.75, 3.05) is 18.5 Å². The topological polar surface area (TPSA) is 75.5 Å². The average Bonchev–Trinajstić information content (AvgIpc) is 3.50. The number of aryl methyl sites for hydroxylation is 1. The lowest BCUT2D eigenvalue weighted by Crippen LogP contribution is -2.34. The molecule has 0 spiro atoms. The van der Waals surface area contributed by atoms with Crippen LogP contribution < -0.4 is 15.4 Å². The number of anilines is 1. The summed E-state index contributed by atoms with van der Waals surface area (Å²) in [6, 6.07) is 15.3. The van der Waals surface area contributed by atoms with E-state index in [0.717, 1.165) is 34.6 Å². The molecule has 6 heteroatoms. The summed E-state index contributed by atoms with van der Waals surface area (Å²) in [5, 5.41) is 17.2. The number of ether oxygens (including phenoxy) is 1. The van der Waals surface area contributed by atoms with Crippen LogP contribution in [0.3, 0.4) is 0 Å². The van der Waals surface area contributed by atoms with Crippen LogP contribution in [0.4, 0.5) is 5.69 Å². The molecule has 1 aliphatic carbocycles. The minimum absolute atomic E-state index is 0.143. The van der Waals surface area contributed by atoms with E-state index < -0.39 is 5.60 Å². The third kappa shape index (κ3) is 5.66. The molecule has 0 bridgehead atoms. The van der Waals surface area contributed by atoms with Gasteiger partial charge in [-0.2, -0.15) is 0 Å². The highest BCUT2D eigenvalue weighted by Gasteiger charge is 2.22. The smallest absolute Gasteiger partial charge is 0.255 e. The second kappa shape index (κ2) is 8.73. The summed E-state index contributed by atoms with van der Waals surface area (Å²) < 4.78 is 7.86. The van der Waals surface area contributed by atoms with Crippen molar-refractivity contribution in [3.63, 3.8) is 0 Å². The van der Waals surface area contributed by atoms with E-state index in [1.165, 1.54) is 12.8 Å². The number of nitrogens with zero attached hydrogens (tertiary/aromatic N) is 1. The van der Waals surface area contributed by atoms with Gasteiger partial charge in [-0.15, -0.1) is 0 Å². The third-order valence-electron chi connectivity index (χ3n) is 5.56. The van der Waals surface area contributed by atoms with Crippen molar-refractivity contribution in [2.45, 2.75) is 38.8 Å². The van der Waals surface area contributed by atoms with Crippen LogP contribution in [0.25, 0.3) is 10.9 Å². The molecule has 0 saturated heterocycles. The molecular weight excluding hydrogens is 390 g/mol. The van der Waals surface area contributed by atoms with Crippen LogP contribution in [0.2, 0.25) is 0 Å². The summed E-state index contributed by atoms with van der Waals surface area (Å²) in [7, 11) is 2.02. The molecule has 1 heterocycles. The highest BCUT2D eigenvalue weighted by Crippen LogP contribution is 2.29. The second-order valence-electron chi connectivity index (χ2n) is 9.12. The number of aromatic nitrogens is 1. The predicted octanol–water partition coefficient (Wildman–Crippen LogP) is 4.08. The molecule has 0 radical (unpaired) electrons. The van der Waals surface area contributed by atoms with Gasteiger partial charge in [-0.25, -0.2) is 0 Å². The molecule has 1 aromatic heterocycles. The zero-order chi connectivity index (χ0) is 22.0. The molecule has 2 aromatic carbocycles. The number of aliphatic hydroxyl groups is 1. The Morgan fingerprint density at radius 1 is 1.16 bits per heavy atom. The standard InChI is InChI=1S/C25H31N3O3/c1-25(2,30)16-26-14-21-13-19-12-20(8-11-23(19)28(21)3)27-24(29)18-6-9-22(10-7-18)31-15-17-4-5-17/h6-13,17,26,30H,4-5,14-16H2,1-3H3,(H,27,29). The Kier molecular flexibility index (Phi) is 6.03. The van der Waals surface area contributed by atoms with Crippen LogP contribution in [0, 0.1) is 5.92 Å². The predicted molar refractivity (Wildman–Crippen MR) is 124 cm³/mol. The Balaban J connectivity index is 1.40. The van der Waals surface area contributed by atoms with Crippen molar-refractivity contribution >= 4 is 22.5 Å². The fourth-order valence-corrected chi connectivity index (χ4v) is 3.55. The van der Waals surface area contributed by atoms with Crippen molar-refractivity contribution in [3.05, 3.63) is 59.8 Å². The quantitative estimate of drug-likeness (QED) is 0.487. The molecule has 0 atom stereocenters. The zero-order valence-electron chi connectivity index (χ0n) is 18.4. The van der Waals surface area contributed by atoms with E-state index in [0.29, 0.717) is 24.6 Å². The van der Waals surface area contributed by atoms with Gasteiger partial charge in [0.05, 0.1) is 12.2 Å². The van der Waals surface area contributed by atoms with Gasteiger partial charge in [0.2, 0.25) is 0 Å². The second-order valence-corrected chi connectivity index (χ2v) is 9.12. The molecule has 164 valence electrons. The Morgan fingerprint density at radius 2 is 1.90 bits per heavy atom. The van der Waals surface area contributed by atoms with Crippen molar-refractivity contribution in [3.8, 4) is 5.75 Å². The largest absolute Gasteiger partial charge is 0.493 e. The van der Waals surface area contributed by atoms with Crippen molar-refractivity contribution in [1.29, 1.82) is 0 Å². The molecule has 1 aliphatic rings. The number of hydrogen-bond donors (Lipinski definition) is 3. The lowest BCUT2D eigenvalue weighted by atomic mass is 10.1. The van der Waals surface area contributed by atoms with Gasteiger partial charge in [-0.05, 0) is 81.1 Å². The Labute approximate surface area is 183 Å². The van der Waals surface area contributed by atoms with Gasteiger partial charge in [-0.1, -0.05) is 0 Å². The fourth-order valence-electron chi connectivity index (χ4n) is 3.55. The lowest BCUT2D eigenvalue weighted by Gasteiger charge is -2.17. The summed E-state index contributed by atoms with van der Waals surface area (Å²) in [6.07, 6.45) is 2.51. The molecule has 31 heavy (non-hydrogen) atoms. The molecule has 4 rings (SSSR count). The summed E-state index contributed by atoms with van der Waals surface area (Å²) in [5.74, 6) is 1.37.